The average Bonchev–Trinajstić information content (AvgIpc) is 2.83. The molecule has 0 saturated heterocycles. The van der Waals surface area contributed by atoms with Gasteiger partial charge in [0.05, 0.1) is 5.75 Å². The van der Waals surface area contributed by atoms with Gasteiger partial charge in [0, 0.05) is 5.56 Å². The number of aromatic nitrogens is 2. The first kappa shape index (κ1) is 13.5. The van der Waals surface area contributed by atoms with Crippen molar-refractivity contribution in [2.75, 3.05) is 11.5 Å². The predicted molar refractivity (Wildman–Crippen MR) is 74.0 cm³/mol. The smallest absolute Gasteiger partial charge is 0.257 e. The molecule has 6 nitrogen and oxygen atoms in total. The molecule has 0 fully saturated rings. The molecule has 2 amide bonds. The number of hydrogen-bond acceptors (Lipinski definition) is 7. The number of benzene rings is 1. The van der Waals surface area contributed by atoms with E-state index in [-0.39, 0.29) is 11.7 Å². The highest BCUT2D eigenvalue weighted by molar-refractivity contribution is 8.01. The summed E-state index contributed by atoms with van der Waals surface area (Å²) in [5, 5.41) is 10.0. The summed E-state index contributed by atoms with van der Waals surface area (Å²) >= 11 is 2.39. The zero-order valence-electron chi connectivity index (χ0n) is 9.70. The van der Waals surface area contributed by atoms with E-state index >= 15 is 0 Å². The van der Waals surface area contributed by atoms with Gasteiger partial charge >= 0.3 is 0 Å². The number of nitrogens with zero attached hydrogens (tertiary/aromatic N) is 2. The molecule has 0 bridgehead atoms. The number of hydrogen-bond donors (Lipinski definition) is 2. The van der Waals surface area contributed by atoms with Crippen LogP contribution in [0.2, 0.25) is 0 Å². The Morgan fingerprint density at radius 2 is 2.00 bits per heavy atom. The van der Waals surface area contributed by atoms with Crippen molar-refractivity contribution in [3.8, 4) is 0 Å². The van der Waals surface area contributed by atoms with Crippen molar-refractivity contribution < 1.29 is 9.59 Å². The summed E-state index contributed by atoms with van der Waals surface area (Å²) in [6.45, 7) is 0. The number of carbonyl (C=O) groups is 2. The predicted octanol–water partition coefficient (Wildman–Crippen LogP) is 1.17. The van der Waals surface area contributed by atoms with Crippen molar-refractivity contribution in [2.24, 2.45) is 0 Å². The van der Waals surface area contributed by atoms with E-state index < -0.39 is 5.91 Å². The van der Waals surface area contributed by atoms with Gasteiger partial charge in [-0.25, -0.2) is 0 Å². The molecular formula is C11H10N4O2S2. The number of anilines is 1. The van der Waals surface area contributed by atoms with Crippen molar-refractivity contribution in [1.82, 2.24) is 15.5 Å². The van der Waals surface area contributed by atoms with Crippen LogP contribution < -0.4 is 11.1 Å². The Morgan fingerprint density at radius 1 is 1.26 bits per heavy atom. The largest absolute Gasteiger partial charge is 0.374 e. The standard InChI is InChI=1S/C11H10N4O2S2/c12-10-14-15-11(19-10)18-6-8(16)13-9(17)7-4-2-1-3-5-7/h1-5H,6H2,(H2,12,14)(H,13,16,17). The Bertz CT molecular complexity index is 585. The van der Waals surface area contributed by atoms with Crippen LogP contribution in [0.3, 0.4) is 0 Å². The molecule has 2 aromatic rings. The molecule has 0 spiro atoms. The molecule has 98 valence electrons. The van der Waals surface area contributed by atoms with E-state index in [0.29, 0.717) is 15.0 Å². The fourth-order valence-electron chi connectivity index (χ4n) is 1.23. The lowest BCUT2D eigenvalue weighted by Crippen LogP contribution is -2.31. The van der Waals surface area contributed by atoms with E-state index in [1.165, 1.54) is 23.1 Å². The van der Waals surface area contributed by atoms with Gasteiger partial charge in [-0.2, -0.15) is 0 Å². The molecule has 0 unspecified atom stereocenters. The Morgan fingerprint density at radius 3 is 2.63 bits per heavy atom. The van der Waals surface area contributed by atoms with E-state index in [4.69, 9.17) is 5.73 Å². The fourth-order valence-corrected chi connectivity index (χ4v) is 2.67. The van der Waals surface area contributed by atoms with Crippen LogP contribution in [0.25, 0.3) is 0 Å². The van der Waals surface area contributed by atoms with Crippen LogP contribution in [-0.2, 0) is 4.79 Å². The second-order valence-electron chi connectivity index (χ2n) is 3.44. The molecule has 0 aliphatic rings. The van der Waals surface area contributed by atoms with Gasteiger partial charge in [-0.1, -0.05) is 41.3 Å². The number of imide groups is 1. The van der Waals surface area contributed by atoms with Crippen molar-refractivity contribution in [2.45, 2.75) is 4.34 Å². The van der Waals surface area contributed by atoms with Crippen molar-refractivity contribution in [3.63, 3.8) is 0 Å². The lowest BCUT2D eigenvalue weighted by Gasteiger charge is -2.02. The lowest BCUT2D eigenvalue weighted by molar-refractivity contribution is -0.117. The van der Waals surface area contributed by atoms with Gasteiger partial charge in [-0.3, -0.25) is 14.9 Å². The van der Waals surface area contributed by atoms with E-state index in [1.54, 1.807) is 30.3 Å². The Kier molecular flexibility index (Phi) is 4.48. The summed E-state index contributed by atoms with van der Waals surface area (Å²) in [6.07, 6.45) is 0. The van der Waals surface area contributed by atoms with Gasteiger partial charge < -0.3 is 5.73 Å². The number of nitrogen functional groups attached to an aromatic ring is 1. The molecule has 0 radical (unpaired) electrons. The summed E-state index contributed by atoms with van der Waals surface area (Å²) in [5.41, 5.74) is 5.86. The monoisotopic (exact) mass is 294 g/mol. The number of rotatable bonds is 4. The summed E-state index contributed by atoms with van der Waals surface area (Å²) in [4.78, 5) is 23.3. The second kappa shape index (κ2) is 6.30. The molecule has 0 aliphatic carbocycles. The molecule has 1 aromatic carbocycles. The zero-order chi connectivity index (χ0) is 13.7. The Balaban J connectivity index is 1.83. The van der Waals surface area contributed by atoms with Crippen LogP contribution in [-0.4, -0.2) is 27.8 Å². The molecule has 0 atom stereocenters. The highest BCUT2D eigenvalue weighted by atomic mass is 32.2. The van der Waals surface area contributed by atoms with Crippen LogP contribution in [0.5, 0.6) is 0 Å². The SMILES string of the molecule is Nc1nnc(SCC(=O)NC(=O)c2ccccc2)s1. The lowest BCUT2D eigenvalue weighted by atomic mass is 10.2. The minimum Gasteiger partial charge on any atom is -0.374 e. The minimum absolute atomic E-state index is 0.0905. The quantitative estimate of drug-likeness (QED) is 0.821. The molecule has 8 heteroatoms. The molecule has 19 heavy (non-hydrogen) atoms. The fraction of sp³-hybridized carbons (Fsp3) is 0.0909. The number of thioether (sulfide) groups is 1. The zero-order valence-corrected chi connectivity index (χ0v) is 11.3. The molecular weight excluding hydrogens is 284 g/mol. The summed E-state index contributed by atoms with van der Waals surface area (Å²) < 4.78 is 0.597. The Labute approximate surface area is 117 Å². The Hall–Kier alpha value is -1.93. The van der Waals surface area contributed by atoms with Gasteiger partial charge in [0.1, 0.15) is 0 Å². The highest BCUT2D eigenvalue weighted by Gasteiger charge is 2.11. The summed E-state index contributed by atoms with van der Waals surface area (Å²) in [7, 11) is 0. The van der Waals surface area contributed by atoms with Gasteiger partial charge in [0.2, 0.25) is 11.0 Å². The van der Waals surface area contributed by atoms with E-state index in [9.17, 15) is 9.59 Å². The number of carbonyl (C=O) groups excluding carboxylic acids is 2. The van der Waals surface area contributed by atoms with Crippen LogP contribution >= 0.6 is 23.1 Å². The second-order valence-corrected chi connectivity index (χ2v) is 5.67. The molecule has 0 aliphatic heterocycles. The van der Waals surface area contributed by atoms with E-state index in [0.717, 1.165) is 0 Å². The summed E-state index contributed by atoms with van der Waals surface area (Å²) in [6, 6.07) is 8.55. The third-order valence-corrected chi connectivity index (χ3v) is 3.92. The van der Waals surface area contributed by atoms with Crippen molar-refractivity contribution >= 4 is 40.0 Å². The first-order chi connectivity index (χ1) is 9.15. The molecule has 1 aromatic heterocycles. The maximum Gasteiger partial charge on any atom is 0.257 e. The number of amides is 2. The van der Waals surface area contributed by atoms with Crippen LogP contribution in [0, 0.1) is 0 Å². The maximum absolute atomic E-state index is 11.7. The highest BCUT2D eigenvalue weighted by Crippen LogP contribution is 2.22. The number of nitrogens with one attached hydrogen (secondary N) is 1. The third kappa shape index (κ3) is 4.04. The minimum atomic E-state index is -0.414. The maximum atomic E-state index is 11.7. The normalized spacial score (nSPS) is 10.1. The third-order valence-electron chi connectivity index (χ3n) is 2.04. The van der Waals surface area contributed by atoms with Crippen molar-refractivity contribution in [1.29, 1.82) is 0 Å². The first-order valence-electron chi connectivity index (χ1n) is 5.26. The average molecular weight is 294 g/mol. The van der Waals surface area contributed by atoms with Crippen LogP contribution in [0.4, 0.5) is 5.13 Å². The number of nitrogens with two attached hydrogens (primary N) is 1. The molecule has 1 heterocycles. The van der Waals surface area contributed by atoms with Crippen LogP contribution in [0.15, 0.2) is 34.7 Å². The van der Waals surface area contributed by atoms with Gasteiger partial charge in [-0.15, -0.1) is 10.2 Å². The van der Waals surface area contributed by atoms with Crippen LogP contribution in [0.1, 0.15) is 10.4 Å². The van der Waals surface area contributed by atoms with Gasteiger partial charge in [-0.05, 0) is 12.1 Å². The van der Waals surface area contributed by atoms with Crippen molar-refractivity contribution in [3.05, 3.63) is 35.9 Å². The first-order valence-corrected chi connectivity index (χ1v) is 7.06. The van der Waals surface area contributed by atoms with Gasteiger partial charge in [0.25, 0.3) is 5.91 Å². The topological polar surface area (TPSA) is 98.0 Å². The van der Waals surface area contributed by atoms with E-state index in [1.807, 2.05) is 0 Å². The molecule has 2 rings (SSSR count). The van der Waals surface area contributed by atoms with E-state index in [2.05, 4.69) is 15.5 Å². The molecule has 3 N–H and O–H groups in total. The molecule has 0 saturated carbocycles. The van der Waals surface area contributed by atoms with Gasteiger partial charge in [0.15, 0.2) is 4.34 Å². The summed E-state index contributed by atoms with van der Waals surface area (Å²) in [5.74, 6) is -0.705.